The highest BCUT2D eigenvalue weighted by Gasteiger charge is 2.36. The quantitative estimate of drug-likeness (QED) is 0.807. The van der Waals surface area contributed by atoms with Crippen molar-refractivity contribution in [3.8, 4) is 0 Å². The minimum Gasteiger partial charge on any atom is -0.366 e. The van der Waals surface area contributed by atoms with Gasteiger partial charge >= 0.3 is 0 Å². The average Bonchev–Trinajstić information content (AvgIpc) is 3.09. The Kier molecular flexibility index (Phi) is 5.78. The number of rotatable bonds is 6. The third-order valence-electron chi connectivity index (χ3n) is 5.32. The molecule has 2 aromatic rings. The van der Waals surface area contributed by atoms with Gasteiger partial charge in [0.25, 0.3) is 5.91 Å². The summed E-state index contributed by atoms with van der Waals surface area (Å²) in [5.41, 5.74) is 7.96. The molecule has 6 nitrogen and oxygen atoms in total. The Morgan fingerprint density at radius 3 is 2.57 bits per heavy atom. The fraction of sp³-hybridized carbons (Fsp3) is 0.318. The first-order chi connectivity index (χ1) is 13.4. The van der Waals surface area contributed by atoms with Crippen molar-refractivity contribution in [3.05, 3.63) is 59.7 Å². The van der Waals surface area contributed by atoms with Crippen LogP contribution in [0, 0.1) is 5.92 Å². The number of hydrogen-bond donors (Lipinski definition) is 2. The fourth-order valence-corrected chi connectivity index (χ4v) is 3.53. The van der Waals surface area contributed by atoms with Crippen LogP contribution in [0.4, 0.5) is 11.4 Å². The Balaban J connectivity index is 1.79. The van der Waals surface area contributed by atoms with E-state index < -0.39 is 11.8 Å². The molecular formula is C22H25N3O3. The van der Waals surface area contributed by atoms with Crippen LogP contribution in [0.1, 0.15) is 48.5 Å². The number of primary amides is 1. The van der Waals surface area contributed by atoms with Crippen molar-refractivity contribution in [1.29, 1.82) is 0 Å². The molecule has 0 radical (unpaired) electrons. The minimum absolute atomic E-state index is 0.0703. The predicted molar refractivity (Wildman–Crippen MR) is 109 cm³/mol. The Labute approximate surface area is 164 Å². The van der Waals surface area contributed by atoms with Gasteiger partial charge in [-0.1, -0.05) is 44.2 Å². The number of benzene rings is 2. The summed E-state index contributed by atoms with van der Waals surface area (Å²) in [5.74, 6) is -1.13. The lowest BCUT2D eigenvalue weighted by molar-refractivity contribution is -0.122. The molecule has 1 aliphatic heterocycles. The van der Waals surface area contributed by atoms with Gasteiger partial charge in [0, 0.05) is 18.7 Å². The zero-order chi connectivity index (χ0) is 20.3. The van der Waals surface area contributed by atoms with Crippen molar-refractivity contribution in [3.63, 3.8) is 0 Å². The molecule has 2 aromatic carbocycles. The Morgan fingerprint density at radius 2 is 1.86 bits per heavy atom. The van der Waals surface area contributed by atoms with Crippen molar-refractivity contribution in [2.75, 3.05) is 16.8 Å². The highest BCUT2D eigenvalue weighted by atomic mass is 16.2. The molecule has 1 heterocycles. The number of nitrogens with two attached hydrogens (primary N) is 1. The van der Waals surface area contributed by atoms with Crippen LogP contribution in [0.3, 0.4) is 0 Å². The standard InChI is InChI=1S/C22H25N3O3/c1-3-14(2)16-8-5-7-11-19(16)25-13-15(12-20(25)26)22(28)24-18-10-6-4-9-17(18)21(23)27/h4-11,14-15H,3,12-13H2,1-2H3,(H2,23,27)(H,24,28). The second kappa shape index (κ2) is 8.25. The molecular weight excluding hydrogens is 354 g/mol. The van der Waals surface area contributed by atoms with E-state index >= 15 is 0 Å². The van der Waals surface area contributed by atoms with Crippen molar-refractivity contribution in [1.82, 2.24) is 0 Å². The van der Waals surface area contributed by atoms with Crippen LogP contribution in [0.15, 0.2) is 48.5 Å². The summed E-state index contributed by atoms with van der Waals surface area (Å²) in [5, 5.41) is 2.76. The first-order valence-corrected chi connectivity index (χ1v) is 9.51. The van der Waals surface area contributed by atoms with E-state index in [9.17, 15) is 14.4 Å². The van der Waals surface area contributed by atoms with E-state index in [1.165, 1.54) is 0 Å². The third kappa shape index (κ3) is 3.91. The van der Waals surface area contributed by atoms with Gasteiger partial charge in [0.2, 0.25) is 11.8 Å². The van der Waals surface area contributed by atoms with Crippen LogP contribution in [-0.2, 0) is 9.59 Å². The van der Waals surface area contributed by atoms with E-state index in [1.54, 1.807) is 29.2 Å². The molecule has 28 heavy (non-hydrogen) atoms. The van der Waals surface area contributed by atoms with Crippen LogP contribution < -0.4 is 16.0 Å². The van der Waals surface area contributed by atoms with Gasteiger partial charge in [0.15, 0.2) is 0 Å². The number of carbonyl (C=O) groups is 3. The maximum atomic E-state index is 12.7. The van der Waals surface area contributed by atoms with Gasteiger partial charge in [-0.3, -0.25) is 14.4 Å². The topological polar surface area (TPSA) is 92.5 Å². The normalized spacial score (nSPS) is 17.4. The average molecular weight is 379 g/mol. The van der Waals surface area contributed by atoms with E-state index in [2.05, 4.69) is 19.2 Å². The zero-order valence-corrected chi connectivity index (χ0v) is 16.1. The molecule has 1 saturated heterocycles. The number of carbonyl (C=O) groups excluding carboxylic acids is 3. The molecule has 0 bridgehead atoms. The summed E-state index contributed by atoms with van der Waals surface area (Å²) in [6.45, 7) is 4.56. The van der Waals surface area contributed by atoms with Gasteiger partial charge in [0.1, 0.15) is 0 Å². The summed E-state index contributed by atoms with van der Waals surface area (Å²) in [4.78, 5) is 38.6. The van der Waals surface area contributed by atoms with Crippen LogP contribution in [-0.4, -0.2) is 24.3 Å². The molecule has 0 aromatic heterocycles. The number of para-hydroxylation sites is 2. The van der Waals surface area contributed by atoms with Crippen LogP contribution >= 0.6 is 0 Å². The highest BCUT2D eigenvalue weighted by molar-refractivity contribution is 6.07. The maximum absolute atomic E-state index is 12.7. The fourth-order valence-electron chi connectivity index (χ4n) is 3.53. The number of hydrogen-bond acceptors (Lipinski definition) is 3. The molecule has 3 rings (SSSR count). The monoisotopic (exact) mass is 379 g/mol. The predicted octanol–water partition coefficient (Wildman–Crippen LogP) is 3.29. The molecule has 2 unspecified atom stereocenters. The van der Waals surface area contributed by atoms with E-state index in [1.807, 2.05) is 24.3 Å². The maximum Gasteiger partial charge on any atom is 0.250 e. The number of nitrogens with zero attached hydrogens (tertiary/aromatic N) is 1. The Bertz CT molecular complexity index is 909. The van der Waals surface area contributed by atoms with Crippen molar-refractivity contribution in [2.45, 2.75) is 32.6 Å². The van der Waals surface area contributed by atoms with Gasteiger partial charge < -0.3 is 16.0 Å². The molecule has 6 heteroatoms. The van der Waals surface area contributed by atoms with E-state index in [0.29, 0.717) is 18.2 Å². The molecule has 1 aliphatic rings. The largest absolute Gasteiger partial charge is 0.366 e. The smallest absolute Gasteiger partial charge is 0.250 e. The second-order valence-corrected chi connectivity index (χ2v) is 7.17. The first kappa shape index (κ1) is 19.6. The van der Waals surface area contributed by atoms with Crippen molar-refractivity contribution >= 4 is 29.1 Å². The lowest BCUT2D eigenvalue weighted by Gasteiger charge is -2.23. The van der Waals surface area contributed by atoms with Crippen LogP contribution in [0.2, 0.25) is 0 Å². The number of anilines is 2. The van der Waals surface area contributed by atoms with Gasteiger partial charge in [-0.2, -0.15) is 0 Å². The minimum atomic E-state index is -0.609. The van der Waals surface area contributed by atoms with Gasteiger partial charge in [-0.15, -0.1) is 0 Å². The Hall–Kier alpha value is -3.15. The SMILES string of the molecule is CCC(C)c1ccccc1N1CC(C(=O)Nc2ccccc2C(N)=O)CC1=O. The second-order valence-electron chi connectivity index (χ2n) is 7.17. The number of nitrogens with one attached hydrogen (secondary N) is 1. The summed E-state index contributed by atoms with van der Waals surface area (Å²) in [6.07, 6.45) is 1.10. The molecule has 146 valence electrons. The first-order valence-electron chi connectivity index (χ1n) is 9.51. The molecule has 3 amide bonds. The molecule has 1 fully saturated rings. The van der Waals surface area contributed by atoms with E-state index in [4.69, 9.17) is 5.73 Å². The third-order valence-corrected chi connectivity index (χ3v) is 5.32. The lowest BCUT2D eigenvalue weighted by atomic mass is 9.96. The molecule has 0 aliphatic carbocycles. The van der Waals surface area contributed by atoms with E-state index in [-0.39, 0.29) is 23.8 Å². The zero-order valence-electron chi connectivity index (χ0n) is 16.1. The van der Waals surface area contributed by atoms with Gasteiger partial charge in [-0.05, 0) is 36.1 Å². The van der Waals surface area contributed by atoms with Crippen molar-refractivity contribution in [2.24, 2.45) is 11.7 Å². The summed E-state index contributed by atoms with van der Waals surface area (Å²) in [6, 6.07) is 14.4. The lowest BCUT2D eigenvalue weighted by Crippen LogP contribution is -2.29. The molecule has 0 spiro atoms. The van der Waals surface area contributed by atoms with Crippen molar-refractivity contribution < 1.29 is 14.4 Å². The summed E-state index contributed by atoms with van der Waals surface area (Å²) >= 11 is 0. The van der Waals surface area contributed by atoms with Crippen LogP contribution in [0.25, 0.3) is 0 Å². The molecule has 3 N–H and O–H groups in total. The molecule has 2 atom stereocenters. The summed E-state index contributed by atoms with van der Waals surface area (Å²) in [7, 11) is 0. The summed E-state index contributed by atoms with van der Waals surface area (Å²) < 4.78 is 0. The Morgan fingerprint density at radius 1 is 1.18 bits per heavy atom. The van der Waals surface area contributed by atoms with Gasteiger partial charge in [-0.25, -0.2) is 0 Å². The van der Waals surface area contributed by atoms with E-state index in [0.717, 1.165) is 17.7 Å². The van der Waals surface area contributed by atoms with Gasteiger partial charge in [0.05, 0.1) is 17.2 Å². The van der Waals surface area contributed by atoms with Crippen LogP contribution in [0.5, 0.6) is 0 Å². The number of amides is 3. The highest BCUT2D eigenvalue weighted by Crippen LogP contribution is 2.33. The molecule has 0 saturated carbocycles.